The number of hydrogen-bond donors (Lipinski definition) is 3. The van der Waals surface area contributed by atoms with Gasteiger partial charge in [-0.25, -0.2) is 17.9 Å². The highest BCUT2D eigenvalue weighted by molar-refractivity contribution is 7.89. The molecule has 0 saturated heterocycles. The average Bonchev–Trinajstić information content (AvgIpc) is 2.90. The molecule has 9 nitrogen and oxygen atoms in total. The van der Waals surface area contributed by atoms with Crippen molar-refractivity contribution in [2.75, 3.05) is 13.1 Å². The summed E-state index contributed by atoms with van der Waals surface area (Å²) in [6.45, 7) is 2.90. The van der Waals surface area contributed by atoms with Gasteiger partial charge < -0.3 is 14.9 Å². The number of nitrogens with one attached hydrogen (secondary N) is 2. The summed E-state index contributed by atoms with van der Waals surface area (Å²) in [6, 6.07) is 5.75. The zero-order chi connectivity index (χ0) is 18.6. The van der Waals surface area contributed by atoms with Crippen LogP contribution in [-0.2, 0) is 10.0 Å². The van der Waals surface area contributed by atoms with E-state index in [2.05, 4.69) is 15.2 Å². The number of rotatable bonds is 7. The summed E-state index contributed by atoms with van der Waals surface area (Å²) in [4.78, 5) is 23.1. The Morgan fingerprint density at radius 3 is 2.36 bits per heavy atom. The van der Waals surface area contributed by atoms with Gasteiger partial charge in [-0.05, 0) is 26.0 Å². The Kier molecular flexibility index (Phi) is 5.55. The fourth-order valence-corrected chi connectivity index (χ4v) is 3.61. The van der Waals surface area contributed by atoms with Crippen LogP contribution < -0.4 is 10.0 Å². The molecular formula is C15H17N3O6S. The highest BCUT2D eigenvalue weighted by atomic mass is 32.2. The van der Waals surface area contributed by atoms with E-state index in [0.717, 1.165) is 0 Å². The smallest absolute Gasteiger partial charge is 0.336 e. The highest BCUT2D eigenvalue weighted by Crippen LogP contribution is 2.18. The van der Waals surface area contributed by atoms with Gasteiger partial charge in [-0.3, -0.25) is 4.79 Å². The van der Waals surface area contributed by atoms with Gasteiger partial charge in [0.1, 0.15) is 10.6 Å². The second kappa shape index (κ2) is 7.45. The number of aryl methyl sites for hydroxylation is 2. The van der Waals surface area contributed by atoms with Gasteiger partial charge in [0.05, 0.1) is 11.1 Å². The number of carboxylic acid groups (broad SMARTS) is 1. The number of carbonyl (C=O) groups excluding carboxylic acids is 1. The lowest BCUT2D eigenvalue weighted by molar-refractivity contribution is 0.0691. The standard InChI is InChI=1S/C15H17N3O6S/c1-9-13(10(2)24-18-9)25(22,23)17-8-7-16-14(19)11-5-3-4-6-12(11)15(20)21/h3-6,17H,7-8H2,1-2H3,(H,16,19)(H,20,21). The van der Waals surface area contributed by atoms with Gasteiger partial charge in [-0.1, -0.05) is 17.3 Å². The van der Waals surface area contributed by atoms with Crippen molar-refractivity contribution in [3.8, 4) is 0 Å². The van der Waals surface area contributed by atoms with Crippen LogP contribution in [0.1, 0.15) is 32.2 Å². The predicted octanol–water partition coefficient (Wildman–Crippen LogP) is 0.698. The van der Waals surface area contributed by atoms with Gasteiger partial charge in [-0.2, -0.15) is 0 Å². The number of carbonyl (C=O) groups is 2. The first kappa shape index (κ1) is 18.6. The quantitative estimate of drug-likeness (QED) is 0.612. The molecule has 0 spiro atoms. The number of benzene rings is 1. The highest BCUT2D eigenvalue weighted by Gasteiger charge is 2.23. The Labute approximate surface area is 144 Å². The Hall–Kier alpha value is -2.72. The topological polar surface area (TPSA) is 139 Å². The van der Waals surface area contributed by atoms with Crippen molar-refractivity contribution in [3.63, 3.8) is 0 Å². The van der Waals surface area contributed by atoms with E-state index >= 15 is 0 Å². The number of aromatic carboxylic acids is 1. The van der Waals surface area contributed by atoms with Crippen LogP contribution in [-0.4, -0.2) is 43.6 Å². The minimum absolute atomic E-state index is 0.00332. The maximum absolute atomic E-state index is 12.2. The summed E-state index contributed by atoms with van der Waals surface area (Å²) < 4.78 is 31.5. The average molecular weight is 367 g/mol. The van der Waals surface area contributed by atoms with E-state index in [1.54, 1.807) is 6.07 Å². The summed E-state index contributed by atoms with van der Waals surface area (Å²) in [6.07, 6.45) is 0. The molecule has 10 heteroatoms. The van der Waals surface area contributed by atoms with E-state index in [4.69, 9.17) is 9.63 Å². The molecule has 0 unspecified atom stereocenters. The zero-order valence-corrected chi connectivity index (χ0v) is 14.4. The van der Waals surface area contributed by atoms with Crippen LogP contribution in [0.25, 0.3) is 0 Å². The lowest BCUT2D eigenvalue weighted by Gasteiger charge is -2.09. The molecule has 2 rings (SSSR count). The van der Waals surface area contributed by atoms with Crippen LogP contribution in [0.3, 0.4) is 0 Å². The summed E-state index contributed by atoms with van der Waals surface area (Å²) in [7, 11) is -3.81. The summed E-state index contributed by atoms with van der Waals surface area (Å²) in [5.74, 6) is -1.65. The van der Waals surface area contributed by atoms with Crippen molar-refractivity contribution in [1.82, 2.24) is 15.2 Å². The lowest BCUT2D eigenvalue weighted by atomic mass is 10.1. The summed E-state index contributed by atoms with van der Waals surface area (Å²) >= 11 is 0. The van der Waals surface area contributed by atoms with Crippen molar-refractivity contribution in [2.24, 2.45) is 0 Å². The van der Waals surface area contributed by atoms with Crippen molar-refractivity contribution in [3.05, 3.63) is 46.8 Å². The van der Waals surface area contributed by atoms with Crippen molar-refractivity contribution in [1.29, 1.82) is 0 Å². The second-order valence-corrected chi connectivity index (χ2v) is 6.86. The molecule has 0 atom stereocenters. The van der Waals surface area contributed by atoms with Crippen LogP contribution in [0.4, 0.5) is 0 Å². The molecule has 0 bridgehead atoms. The number of aromatic nitrogens is 1. The number of nitrogens with zero attached hydrogens (tertiary/aromatic N) is 1. The number of amides is 1. The van der Waals surface area contributed by atoms with E-state index in [1.807, 2.05) is 0 Å². The molecule has 2 aromatic rings. The van der Waals surface area contributed by atoms with E-state index in [-0.39, 0.29) is 40.6 Å². The Balaban J connectivity index is 1.96. The fraction of sp³-hybridized carbons (Fsp3) is 0.267. The fourth-order valence-electron chi connectivity index (χ4n) is 2.25. The molecule has 1 heterocycles. The van der Waals surface area contributed by atoms with Gasteiger partial charge in [0.25, 0.3) is 5.91 Å². The first-order valence-corrected chi connectivity index (χ1v) is 8.75. The molecule has 0 aliphatic rings. The third-order valence-electron chi connectivity index (χ3n) is 3.34. The molecule has 0 aliphatic carbocycles. The third kappa shape index (κ3) is 4.22. The first-order chi connectivity index (χ1) is 11.7. The Morgan fingerprint density at radius 1 is 1.16 bits per heavy atom. The molecular weight excluding hydrogens is 350 g/mol. The molecule has 1 aromatic heterocycles. The van der Waals surface area contributed by atoms with Crippen LogP contribution >= 0.6 is 0 Å². The van der Waals surface area contributed by atoms with E-state index in [1.165, 1.54) is 32.0 Å². The van der Waals surface area contributed by atoms with Gasteiger partial charge in [-0.15, -0.1) is 0 Å². The van der Waals surface area contributed by atoms with Crippen LogP contribution in [0, 0.1) is 13.8 Å². The van der Waals surface area contributed by atoms with Crippen LogP contribution in [0.5, 0.6) is 0 Å². The first-order valence-electron chi connectivity index (χ1n) is 7.27. The minimum atomic E-state index is -3.81. The monoisotopic (exact) mass is 367 g/mol. The molecule has 0 aliphatic heterocycles. The Bertz CT molecular complexity index is 884. The second-order valence-electron chi connectivity index (χ2n) is 5.16. The normalized spacial score (nSPS) is 11.3. The van der Waals surface area contributed by atoms with Crippen molar-refractivity contribution < 1.29 is 27.6 Å². The van der Waals surface area contributed by atoms with Crippen LogP contribution in [0.15, 0.2) is 33.7 Å². The van der Waals surface area contributed by atoms with Gasteiger partial charge in [0, 0.05) is 13.1 Å². The maximum atomic E-state index is 12.2. The van der Waals surface area contributed by atoms with E-state index in [0.29, 0.717) is 0 Å². The summed E-state index contributed by atoms with van der Waals surface area (Å²) in [5.41, 5.74) is 0.115. The van der Waals surface area contributed by atoms with E-state index < -0.39 is 21.9 Å². The predicted molar refractivity (Wildman–Crippen MR) is 86.9 cm³/mol. The largest absolute Gasteiger partial charge is 0.478 e. The number of carboxylic acids is 1. The molecule has 1 amide bonds. The SMILES string of the molecule is Cc1noc(C)c1S(=O)(=O)NCCNC(=O)c1ccccc1C(=O)O. The third-order valence-corrected chi connectivity index (χ3v) is 5.05. The molecule has 25 heavy (non-hydrogen) atoms. The van der Waals surface area contributed by atoms with Gasteiger partial charge in [0.15, 0.2) is 5.76 Å². The van der Waals surface area contributed by atoms with Crippen molar-refractivity contribution >= 4 is 21.9 Å². The zero-order valence-electron chi connectivity index (χ0n) is 13.6. The molecule has 0 saturated carbocycles. The van der Waals surface area contributed by atoms with Gasteiger partial charge in [0.2, 0.25) is 10.0 Å². The lowest BCUT2D eigenvalue weighted by Crippen LogP contribution is -2.35. The van der Waals surface area contributed by atoms with Crippen molar-refractivity contribution in [2.45, 2.75) is 18.7 Å². The molecule has 1 aromatic carbocycles. The number of sulfonamides is 1. The van der Waals surface area contributed by atoms with E-state index in [9.17, 15) is 18.0 Å². The molecule has 134 valence electrons. The number of hydrogen-bond acceptors (Lipinski definition) is 6. The molecule has 0 radical (unpaired) electrons. The maximum Gasteiger partial charge on any atom is 0.336 e. The van der Waals surface area contributed by atoms with Crippen LogP contribution in [0.2, 0.25) is 0 Å². The minimum Gasteiger partial charge on any atom is -0.478 e. The molecule has 3 N–H and O–H groups in total. The summed E-state index contributed by atoms with van der Waals surface area (Å²) in [5, 5.41) is 15.1. The van der Waals surface area contributed by atoms with Gasteiger partial charge >= 0.3 is 5.97 Å². The Morgan fingerprint density at radius 2 is 1.80 bits per heavy atom. The molecule has 0 fully saturated rings.